The maximum Gasteiger partial charge on any atom is 0.262 e. The first-order valence-electron chi connectivity index (χ1n) is 9.55. The van der Waals surface area contributed by atoms with Crippen LogP contribution >= 0.6 is 0 Å². The highest BCUT2D eigenvalue weighted by molar-refractivity contribution is 6.23. The van der Waals surface area contributed by atoms with Gasteiger partial charge in [0.1, 0.15) is 11.8 Å². The highest BCUT2D eigenvalue weighted by Gasteiger charge is 2.42. The fraction of sp³-hybridized carbons (Fsp3) is 0.125. The first kappa shape index (κ1) is 19.4. The number of hydrogen-bond acceptors (Lipinski definition) is 4. The van der Waals surface area contributed by atoms with Crippen molar-refractivity contribution in [3.63, 3.8) is 0 Å². The molecule has 1 N–H and O–H groups in total. The molecule has 1 aliphatic rings. The maximum atomic E-state index is 13.3. The molecule has 1 heterocycles. The lowest BCUT2D eigenvalue weighted by molar-refractivity contribution is -0.119. The van der Waals surface area contributed by atoms with Crippen molar-refractivity contribution in [1.29, 1.82) is 0 Å². The zero-order valence-corrected chi connectivity index (χ0v) is 16.4. The van der Waals surface area contributed by atoms with E-state index in [-0.39, 0.29) is 6.42 Å². The van der Waals surface area contributed by atoms with Crippen LogP contribution in [0.3, 0.4) is 0 Å². The van der Waals surface area contributed by atoms with Crippen molar-refractivity contribution in [2.45, 2.75) is 12.5 Å². The number of fused-ring (bicyclic) bond motifs is 1. The number of carbonyl (C=O) groups is 3. The first-order chi connectivity index (χ1) is 14.6. The molecule has 3 amide bonds. The number of nitrogens with zero attached hydrogens (tertiary/aromatic N) is 1. The molecule has 0 spiro atoms. The minimum absolute atomic E-state index is 0.202. The highest BCUT2D eigenvalue weighted by atomic mass is 16.5. The highest BCUT2D eigenvalue weighted by Crippen LogP contribution is 2.28. The SMILES string of the molecule is COc1ccccc1NC(=O)C(Cc1ccccc1)N1C(=O)c2ccccc2C1=O. The van der Waals surface area contributed by atoms with E-state index in [0.29, 0.717) is 22.6 Å². The van der Waals surface area contributed by atoms with Crippen LogP contribution in [-0.2, 0) is 11.2 Å². The normalized spacial score (nSPS) is 13.7. The number of ether oxygens (including phenoxy) is 1. The van der Waals surface area contributed by atoms with Crippen molar-refractivity contribution in [3.05, 3.63) is 95.6 Å². The molecule has 6 nitrogen and oxygen atoms in total. The van der Waals surface area contributed by atoms with Gasteiger partial charge in [0.05, 0.1) is 23.9 Å². The molecule has 30 heavy (non-hydrogen) atoms. The van der Waals surface area contributed by atoms with Crippen molar-refractivity contribution in [3.8, 4) is 5.75 Å². The van der Waals surface area contributed by atoms with Gasteiger partial charge in [-0.05, 0) is 29.8 Å². The molecule has 0 saturated heterocycles. The van der Waals surface area contributed by atoms with Crippen molar-refractivity contribution in [2.75, 3.05) is 12.4 Å². The van der Waals surface area contributed by atoms with E-state index in [9.17, 15) is 14.4 Å². The molecule has 4 rings (SSSR count). The van der Waals surface area contributed by atoms with Gasteiger partial charge >= 0.3 is 0 Å². The Morgan fingerprint density at radius 3 is 2.07 bits per heavy atom. The van der Waals surface area contributed by atoms with Gasteiger partial charge in [0.2, 0.25) is 5.91 Å². The fourth-order valence-electron chi connectivity index (χ4n) is 3.59. The summed E-state index contributed by atoms with van der Waals surface area (Å²) in [7, 11) is 1.51. The summed E-state index contributed by atoms with van der Waals surface area (Å²) >= 11 is 0. The van der Waals surface area contributed by atoms with E-state index in [4.69, 9.17) is 4.74 Å². The molecule has 6 heteroatoms. The minimum atomic E-state index is -1.01. The van der Waals surface area contributed by atoms with Gasteiger partial charge < -0.3 is 10.1 Å². The first-order valence-corrected chi connectivity index (χ1v) is 9.55. The van der Waals surface area contributed by atoms with Gasteiger partial charge in [0, 0.05) is 6.42 Å². The van der Waals surface area contributed by atoms with Crippen LogP contribution in [0.25, 0.3) is 0 Å². The number of carbonyl (C=O) groups excluding carboxylic acids is 3. The lowest BCUT2D eigenvalue weighted by atomic mass is 10.0. The van der Waals surface area contributed by atoms with Crippen LogP contribution in [0, 0.1) is 0 Å². The molecule has 1 atom stereocenters. The van der Waals surface area contributed by atoms with Crippen LogP contribution in [0.2, 0.25) is 0 Å². The van der Waals surface area contributed by atoms with E-state index in [2.05, 4.69) is 5.32 Å². The molecular weight excluding hydrogens is 380 g/mol. The maximum absolute atomic E-state index is 13.3. The lowest BCUT2D eigenvalue weighted by Gasteiger charge is -2.26. The Kier molecular flexibility index (Phi) is 5.30. The second kappa shape index (κ2) is 8.21. The monoisotopic (exact) mass is 400 g/mol. The molecule has 0 aliphatic carbocycles. The van der Waals surface area contributed by atoms with Gasteiger partial charge in [-0.2, -0.15) is 0 Å². The molecular formula is C24H20N2O4. The predicted molar refractivity (Wildman–Crippen MR) is 112 cm³/mol. The van der Waals surface area contributed by atoms with E-state index < -0.39 is 23.8 Å². The Balaban J connectivity index is 1.69. The Bertz CT molecular complexity index is 1080. The summed E-state index contributed by atoms with van der Waals surface area (Å²) in [6.45, 7) is 0. The second-order valence-electron chi connectivity index (χ2n) is 6.92. The van der Waals surface area contributed by atoms with Gasteiger partial charge in [0.25, 0.3) is 11.8 Å². The smallest absolute Gasteiger partial charge is 0.262 e. The van der Waals surface area contributed by atoms with Gasteiger partial charge in [-0.3, -0.25) is 19.3 Å². The summed E-state index contributed by atoms with van der Waals surface area (Å²) in [5.41, 5.74) is 1.94. The number of benzene rings is 3. The Morgan fingerprint density at radius 2 is 1.43 bits per heavy atom. The Labute approximate surface area is 174 Å². The number of hydrogen-bond donors (Lipinski definition) is 1. The van der Waals surface area contributed by atoms with Gasteiger partial charge in [-0.1, -0.05) is 54.6 Å². The van der Waals surface area contributed by atoms with Crippen molar-refractivity contribution in [2.24, 2.45) is 0 Å². The Morgan fingerprint density at radius 1 is 0.867 bits per heavy atom. The van der Waals surface area contributed by atoms with E-state index in [1.54, 1.807) is 48.5 Å². The molecule has 0 saturated carbocycles. The molecule has 0 bridgehead atoms. The van der Waals surface area contributed by atoms with Crippen molar-refractivity contribution in [1.82, 2.24) is 4.90 Å². The van der Waals surface area contributed by atoms with E-state index in [0.717, 1.165) is 10.5 Å². The number of rotatable bonds is 6. The fourth-order valence-corrected chi connectivity index (χ4v) is 3.59. The van der Waals surface area contributed by atoms with Crippen LogP contribution in [0.1, 0.15) is 26.3 Å². The minimum Gasteiger partial charge on any atom is -0.495 e. The van der Waals surface area contributed by atoms with Crippen LogP contribution in [-0.4, -0.2) is 35.8 Å². The predicted octanol–water partition coefficient (Wildman–Crippen LogP) is 3.54. The van der Waals surface area contributed by atoms with Gasteiger partial charge in [-0.15, -0.1) is 0 Å². The average molecular weight is 400 g/mol. The van der Waals surface area contributed by atoms with Gasteiger partial charge in [0.15, 0.2) is 0 Å². The third-order valence-corrected chi connectivity index (χ3v) is 5.08. The summed E-state index contributed by atoms with van der Waals surface area (Å²) in [6, 6.07) is 21.9. The Hall–Kier alpha value is -3.93. The molecule has 1 unspecified atom stereocenters. The molecule has 3 aromatic carbocycles. The van der Waals surface area contributed by atoms with Crippen LogP contribution in [0.5, 0.6) is 5.75 Å². The molecule has 0 radical (unpaired) electrons. The molecule has 0 fully saturated rings. The van der Waals surface area contributed by atoms with Crippen molar-refractivity contribution >= 4 is 23.4 Å². The number of nitrogens with one attached hydrogen (secondary N) is 1. The standard InChI is InChI=1S/C24H20N2O4/c1-30-21-14-8-7-13-19(21)25-22(27)20(15-16-9-3-2-4-10-16)26-23(28)17-11-5-6-12-18(17)24(26)29/h2-14,20H,15H2,1H3,(H,25,27). The van der Waals surface area contributed by atoms with E-state index in [1.807, 2.05) is 30.3 Å². The van der Waals surface area contributed by atoms with Crippen LogP contribution in [0.4, 0.5) is 5.69 Å². The zero-order valence-electron chi connectivity index (χ0n) is 16.4. The molecule has 0 aromatic heterocycles. The average Bonchev–Trinajstić information content (AvgIpc) is 3.03. The van der Waals surface area contributed by atoms with Crippen molar-refractivity contribution < 1.29 is 19.1 Å². The summed E-state index contributed by atoms with van der Waals surface area (Å²) in [5.74, 6) is -0.900. The topological polar surface area (TPSA) is 75.7 Å². The van der Waals surface area contributed by atoms with Crippen LogP contribution < -0.4 is 10.1 Å². The van der Waals surface area contributed by atoms with Gasteiger partial charge in [-0.25, -0.2) is 0 Å². The number of imide groups is 1. The summed E-state index contributed by atoms with van der Waals surface area (Å²) in [5, 5.41) is 2.82. The largest absolute Gasteiger partial charge is 0.495 e. The number of para-hydroxylation sites is 2. The number of anilines is 1. The van der Waals surface area contributed by atoms with Crippen LogP contribution in [0.15, 0.2) is 78.9 Å². The summed E-state index contributed by atoms with van der Waals surface area (Å²) < 4.78 is 5.30. The third kappa shape index (κ3) is 3.55. The molecule has 1 aliphatic heterocycles. The molecule has 150 valence electrons. The summed E-state index contributed by atoms with van der Waals surface area (Å²) in [6.07, 6.45) is 0.202. The zero-order chi connectivity index (χ0) is 21.1. The number of methoxy groups -OCH3 is 1. The van der Waals surface area contributed by atoms with E-state index in [1.165, 1.54) is 7.11 Å². The quantitative estimate of drug-likeness (QED) is 0.642. The third-order valence-electron chi connectivity index (χ3n) is 5.08. The van der Waals surface area contributed by atoms with E-state index >= 15 is 0 Å². The molecule has 3 aromatic rings. The summed E-state index contributed by atoms with van der Waals surface area (Å²) in [4.78, 5) is 40.4. The second-order valence-corrected chi connectivity index (χ2v) is 6.92. The number of amides is 3. The lowest BCUT2D eigenvalue weighted by Crippen LogP contribution is -2.48.